The molecule has 1 N–H and O–H groups in total. The first-order chi connectivity index (χ1) is 7.75. The second-order valence-electron chi connectivity index (χ2n) is 4.71. The molecule has 1 aromatic rings. The fourth-order valence-corrected chi connectivity index (χ4v) is 2.23. The molecule has 0 radical (unpaired) electrons. The van der Waals surface area contributed by atoms with Gasteiger partial charge in [0.1, 0.15) is 0 Å². The fourth-order valence-electron chi connectivity index (χ4n) is 2.23. The molecule has 0 amide bonds. The lowest BCUT2D eigenvalue weighted by Crippen LogP contribution is -2.36. The van der Waals surface area contributed by atoms with E-state index in [4.69, 9.17) is 4.74 Å². The summed E-state index contributed by atoms with van der Waals surface area (Å²) in [7, 11) is 0. The molecule has 2 atom stereocenters. The maximum Gasteiger partial charge on any atom is 0.0726 e. The van der Waals surface area contributed by atoms with Crippen molar-refractivity contribution in [2.75, 3.05) is 6.61 Å². The van der Waals surface area contributed by atoms with E-state index in [1.54, 1.807) is 0 Å². The van der Waals surface area contributed by atoms with Gasteiger partial charge >= 0.3 is 0 Å². The van der Waals surface area contributed by atoms with Crippen molar-refractivity contribution in [1.29, 1.82) is 0 Å². The highest BCUT2D eigenvalue weighted by Crippen LogP contribution is 2.15. The summed E-state index contributed by atoms with van der Waals surface area (Å²) in [4.78, 5) is 0. The Hall–Kier alpha value is -0.860. The molecular formula is C14H21NO. The van der Waals surface area contributed by atoms with Crippen molar-refractivity contribution in [3.05, 3.63) is 35.4 Å². The van der Waals surface area contributed by atoms with Gasteiger partial charge in [-0.2, -0.15) is 0 Å². The van der Waals surface area contributed by atoms with Gasteiger partial charge in [0.25, 0.3) is 0 Å². The zero-order valence-electron chi connectivity index (χ0n) is 10.2. The van der Waals surface area contributed by atoms with E-state index in [1.807, 2.05) is 0 Å². The van der Waals surface area contributed by atoms with Crippen LogP contribution in [0.15, 0.2) is 24.3 Å². The second kappa shape index (κ2) is 5.46. The van der Waals surface area contributed by atoms with E-state index in [1.165, 1.54) is 24.0 Å². The Labute approximate surface area is 98.0 Å². The predicted octanol–water partition coefficient (Wildman–Crippen LogP) is 2.65. The Kier molecular flexibility index (Phi) is 3.97. The highest BCUT2D eigenvalue weighted by Gasteiger charge is 2.21. The Morgan fingerprint density at radius 1 is 1.50 bits per heavy atom. The first-order valence-electron chi connectivity index (χ1n) is 6.16. The predicted molar refractivity (Wildman–Crippen MR) is 66.5 cm³/mol. The molecule has 2 nitrogen and oxygen atoms in total. The van der Waals surface area contributed by atoms with E-state index >= 15 is 0 Å². The van der Waals surface area contributed by atoms with E-state index in [2.05, 4.69) is 43.4 Å². The largest absolute Gasteiger partial charge is 0.377 e. The minimum absolute atomic E-state index is 0.407. The van der Waals surface area contributed by atoms with E-state index in [0.29, 0.717) is 12.1 Å². The number of aryl methyl sites for hydroxylation is 1. The highest BCUT2D eigenvalue weighted by molar-refractivity contribution is 5.22. The molecule has 1 saturated heterocycles. The van der Waals surface area contributed by atoms with Crippen LogP contribution < -0.4 is 5.32 Å². The molecule has 16 heavy (non-hydrogen) atoms. The van der Waals surface area contributed by atoms with Crippen molar-refractivity contribution in [2.24, 2.45) is 0 Å². The van der Waals surface area contributed by atoms with Crippen LogP contribution in [-0.4, -0.2) is 18.8 Å². The van der Waals surface area contributed by atoms with Crippen molar-refractivity contribution in [2.45, 2.75) is 45.4 Å². The van der Waals surface area contributed by atoms with Crippen LogP contribution in [0.4, 0.5) is 0 Å². The van der Waals surface area contributed by atoms with Crippen molar-refractivity contribution in [3.8, 4) is 0 Å². The van der Waals surface area contributed by atoms with Gasteiger partial charge in [0.05, 0.1) is 6.10 Å². The Morgan fingerprint density at radius 3 is 3.06 bits per heavy atom. The Morgan fingerprint density at radius 2 is 2.38 bits per heavy atom. The third kappa shape index (κ3) is 3.06. The Balaban J connectivity index is 1.82. The first kappa shape index (κ1) is 11.6. The molecule has 1 heterocycles. The zero-order valence-corrected chi connectivity index (χ0v) is 10.2. The van der Waals surface area contributed by atoms with Crippen LogP contribution in [0.5, 0.6) is 0 Å². The van der Waals surface area contributed by atoms with E-state index in [-0.39, 0.29) is 0 Å². The standard InChI is InChI=1S/C14H21NO/c1-11-5-3-6-13(9-11)10-15-12(2)14-7-4-8-16-14/h3,5-6,9,12,14-15H,4,7-8,10H2,1-2H3. The number of ether oxygens (including phenoxy) is 1. The maximum absolute atomic E-state index is 5.66. The van der Waals surface area contributed by atoms with Crippen LogP contribution in [0, 0.1) is 6.92 Å². The smallest absolute Gasteiger partial charge is 0.0726 e. The van der Waals surface area contributed by atoms with Crippen LogP contribution in [0.25, 0.3) is 0 Å². The molecule has 0 saturated carbocycles. The monoisotopic (exact) mass is 219 g/mol. The van der Waals surface area contributed by atoms with Gasteiger partial charge in [-0.3, -0.25) is 0 Å². The normalized spacial score (nSPS) is 22.2. The number of nitrogens with one attached hydrogen (secondary N) is 1. The van der Waals surface area contributed by atoms with Gasteiger partial charge in [0, 0.05) is 19.2 Å². The minimum Gasteiger partial charge on any atom is -0.377 e. The molecule has 0 bridgehead atoms. The summed E-state index contributed by atoms with van der Waals surface area (Å²) >= 11 is 0. The quantitative estimate of drug-likeness (QED) is 0.840. The number of hydrogen-bond acceptors (Lipinski definition) is 2. The third-order valence-electron chi connectivity index (χ3n) is 3.23. The van der Waals surface area contributed by atoms with E-state index in [0.717, 1.165) is 13.2 Å². The lowest BCUT2D eigenvalue weighted by Gasteiger charge is -2.20. The van der Waals surface area contributed by atoms with Gasteiger partial charge in [-0.1, -0.05) is 29.8 Å². The van der Waals surface area contributed by atoms with Crippen molar-refractivity contribution in [3.63, 3.8) is 0 Å². The molecule has 0 aliphatic carbocycles. The minimum atomic E-state index is 0.407. The number of hydrogen-bond donors (Lipinski definition) is 1. The molecule has 1 aliphatic heterocycles. The topological polar surface area (TPSA) is 21.3 Å². The molecule has 2 unspecified atom stereocenters. The summed E-state index contributed by atoms with van der Waals surface area (Å²) in [6, 6.07) is 9.09. The summed E-state index contributed by atoms with van der Waals surface area (Å²) in [5, 5.41) is 3.54. The molecule has 1 aliphatic rings. The van der Waals surface area contributed by atoms with Crippen molar-refractivity contribution < 1.29 is 4.74 Å². The molecular weight excluding hydrogens is 198 g/mol. The summed E-state index contributed by atoms with van der Waals surface area (Å²) in [6.07, 6.45) is 2.81. The fraction of sp³-hybridized carbons (Fsp3) is 0.571. The average molecular weight is 219 g/mol. The van der Waals surface area contributed by atoms with Gasteiger partial charge in [-0.25, -0.2) is 0 Å². The van der Waals surface area contributed by atoms with Crippen molar-refractivity contribution >= 4 is 0 Å². The summed E-state index contributed by atoms with van der Waals surface area (Å²) in [5.74, 6) is 0. The molecule has 1 fully saturated rings. The average Bonchev–Trinajstić information content (AvgIpc) is 2.79. The van der Waals surface area contributed by atoms with Crippen LogP contribution in [0.1, 0.15) is 30.9 Å². The molecule has 2 rings (SSSR count). The van der Waals surface area contributed by atoms with Crippen LogP contribution in [0.3, 0.4) is 0 Å². The van der Waals surface area contributed by atoms with E-state index in [9.17, 15) is 0 Å². The third-order valence-corrected chi connectivity index (χ3v) is 3.23. The summed E-state index contributed by atoms with van der Waals surface area (Å²) in [5.41, 5.74) is 2.67. The van der Waals surface area contributed by atoms with E-state index < -0.39 is 0 Å². The second-order valence-corrected chi connectivity index (χ2v) is 4.71. The summed E-state index contributed by atoms with van der Waals surface area (Å²) in [6.45, 7) is 6.21. The summed E-state index contributed by atoms with van der Waals surface area (Å²) < 4.78 is 5.66. The molecule has 2 heteroatoms. The number of rotatable bonds is 4. The Bertz CT molecular complexity index is 331. The maximum atomic E-state index is 5.66. The van der Waals surface area contributed by atoms with Gasteiger partial charge in [-0.05, 0) is 32.3 Å². The van der Waals surface area contributed by atoms with Crippen LogP contribution >= 0.6 is 0 Å². The number of benzene rings is 1. The van der Waals surface area contributed by atoms with Gasteiger partial charge in [0.2, 0.25) is 0 Å². The molecule has 1 aromatic carbocycles. The van der Waals surface area contributed by atoms with Crippen molar-refractivity contribution in [1.82, 2.24) is 5.32 Å². The molecule has 0 spiro atoms. The van der Waals surface area contributed by atoms with Crippen LogP contribution in [0.2, 0.25) is 0 Å². The van der Waals surface area contributed by atoms with Crippen LogP contribution in [-0.2, 0) is 11.3 Å². The van der Waals surface area contributed by atoms with Gasteiger partial charge in [-0.15, -0.1) is 0 Å². The molecule has 88 valence electrons. The lowest BCUT2D eigenvalue weighted by atomic mass is 10.1. The first-order valence-corrected chi connectivity index (χ1v) is 6.16. The van der Waals surface area contributed by atoms with Gasteiger partial charge in [0.15, 0.2) is 0 Å². The lowest BCUT2D eigenvalue weighted by molar-refractivity contribution is 0.0832. The molecule has 0 aromatic heterocycles. The highest BCUT2D eigenvalue weighted by atomic mass is 16.5. The SMILES string of the molecule is Cc1cccc(CNC(C)C2CCCO2)c1. The van der Waals surface area contributed by atoms with Gasteiger partial charge < -0.3 is 10.1 Å². The zero-order chi connectivity index (χ0) is 11.4.